The van der Waals surface area contributed by atoms with E-state index in [1.165, 1.54) is 44.4 Å². The fraction of sp³-hybridized carbons (Fsp3) is 0.287. The number of urea groups is 2. The molecule has 8 aliphatic rings. The van der Waals surface area contributed by atoms with Gasteiger partial charge < -0.3 is 63.2 Å². The van der Waals surface area contributed by atoms with Crippen molar-refractivity contribution in [2.75, 3.05) is 94.1 Å². The first-order valence-corrected chi connectivity index (χ1v) is 40.6. The number of aromatic nitrogens is 4. The van der Waals surface area contributed by atoms with Crippen LogP contribution in [-0.4, -0.2) is 230 Å². The average molecular weight is 1630 g/mol. The molecule has 6 unspecified atom stereocenters. The molecule has 0 spiro atoms. The molecule has 4 saturated heterocycles. The molecule has 27 heteroatoms. The van der Waals surface area contributed by atoms with E-state index in [0.717, 1.165) is 128 Å². The van der Waals surface area contributed by atoms with Crippen LogP contribution in [0.1, 0.15) is 133 Å². The Morgan fingerprint density at radius 3 is 1.26 bits per heavy atom. The first kappa shape index (κ1) is 80.4. The number of Topliss-reactive ketones (excluding diaryl/α,β-unsaturated/α-hetero) is 3. The van der Waals surface area contributed by atoms with Gasteiger partial charge >= 0.3 is 12.1 Å². The SMILES string of the molecule is CN1C(=O)C2CN(Cc3c2c2ccccc2n3Cc2cccc(/C=C/C(=O)NO)c2)C1=O.CN1CC2CN(Cc3c2c2ccccc2n3Cc2ccc(C(=O)CO)cc2)C1=O.CN1CN2Cc3c(c4cc(CO)ccc4n3Cc3ccc(C(=O)CO)cc3)C(C2)C1=O.CN1CN2Cc3c(c4ccccc4n3Cc3ccc(C(=O)CO)cc3)C(C2)C1=O. The summed E-state index contributed by atoms with van der Waals surface area (Å²) in [4.78, 5) is 125. The fourth-order valence-corrected chi connectivity index (χ4v) is 19.3. The maximum atomic E-state index is 13.0. The van der Waals surface area contributed by atoms with Crippen molar-refractivity contribution < 1.29 is 68.8 Å². The standard InChI is InChI=1S/C24H22N4O4.C24H25N3O4.2C23H23N3O3/c1-26-23(30)18-13-27(24(26)31)14-20-22(18)17-7-2-3-8-19(17)28(20)12-16-6-4-5-15(11-16)9-10-21(29)25-32;1-25-14-26-10-19(24(25)31)23-18-8-16(12-28)4-7-20(18)27(21(23)11-26)9-15-2-5-17(6-3-15)22(30)13-29;1-24-11-17-12-25(23(24)29)13-20-22(17)18-4-2-3-5-19(18)26(20)10-15-6-8-16(9-7-15)21(28)14-27;1-24-14-25-11-18(23(24)29)22-17-4-2-3-5-19(17)26(20(22)12-25)10-15-6-8-16(9-7-15)21(28)13-27/h2-11,18,32H,12-14H2,1H3,(H,25,29);2-8,19,28-29H,9-14H2,1H3;2-9,17,27H,10-14H2,1H3;2-9,18,27H,10-14H2,1H3/b10-9+;;;. The second-order valence-corrected chi connectivity index (χ2v) is 32.6. The van der Waals surface area contributed by atoms with E-state index in [2.05, 4.69) is 64.5 Å². The summed E-state index contributed by atoms with van der Waals surface area (Å²) in [7, 11) is 7.14. The van der Waals surface area contributed by atoms with Crippen LogP contribution in [0.15, 0.2) is 194 Å². The zero-order valence-electron chi connectivity index (χ0n) is 67.6. The Bertz CT molecular complexity index is 6200. The molecule has 12 heterocycles. The molecule has 8 aliphatic heterocycles. The Morgan fingerprint density at radius 1 is 0.388 bits per heavy atom. The smallest absolute Gasteiger partial charge is 0.326 e. The minimum Gasteiger partial charge on any atom is -0.392 e. The van der Waals surface area contributed by atoms with Crippen molar-refractivity contribution in [1.29, 1.82) is 0 Å². The molecular formula is C94H93N13O14. The van der Waals surface area contributed by atoms with Crippen LogP contribution in [0.25, 0.3) is 49.7 Å². The highest BCUT2D eigenvalue weighted by molar-refractivity contribution is 6.05. The van der Waals surface area contributed by atoms with Gasteiger partial charge in [-0.05, 0) is 98.1 Å². The van der Waals surface area contributed by atoms with Crippen molar-refractivity contribution in [3.8, 4) is 0 Å². The molecule has 20 rings (SSSR count). The highest BCUT2D eigenvalue weighted by Crippen LogP contribution is 2.46. The lowest BCUT2D eigenvalue weighted by Gasteiger charge is -2.42. The summed E-state index contributed by atoms with van der Waals surface area (Å²) >= 11 is 0. The summed E-state index contributed by atoms with van der Waals surface area (Å²) in [5.74, 6) is -1.64. The molecule has 6 atom stereocenters. The predicted octanol–water partition coefficient (Wildman–Crippen LogP) is 9.41. The van der Waals surface area contributed by atoms with Crippen molar-refractivity contribution in [3.63, 3.8) is 0 Å². The van der Waals surface area contributed by atoms with Gasteiger partial charge in [-0.2, -0.15) is 0 Å². The third-order valence-corrected chi connectivity index (χ3v) is 25.0. The molecule has 0 radical (unpaired) electrons. The predicted molar refractivity (Wildman–Crippen MR) is 453 cm³/mol. The van der Waals surface area contributed by atoms with Gasteiger partial charge in [-0.25, -0.2) is 15.1 Å². The van der Waals surface area contributed by atoms with Crippen LogP contribution in [0.4, 0.5) is 9.59 Å². The van der Waals surface area contributed by atoms with Gasteiger partial charge in [0.15, 0.2) is 17.3 Å². The molecule has 0 saturated carbocycles. The van der Waals surface area contributed by atoms with Crippen molar-refractivity contribution in [3.05, 3.63) is 289 Å². The number of hydrogen-bond donors (Lipinski definition) is 6. The average Bonchev–Trinajstić information content (AvgIpc) is 1.61. The number of imide groups is 1. The third-order valence-electron chi connectivity index (χ3n) is 25.0. The Labute approximate surface area is 696 Å². The van der Waals surface area contributed by atoms with Gasteiger partial charge in [0.2, 0.25) is 17.7 Å². The Morgan fingerprint density at radius 2 is 0.793 bits per heavy atom. The monoisotopic (exact) mass is 1630 g/mol. The fourth-order valence-electron chi connectivity index (χ4n) is 19.3. The largest absolute Gasteiger partial charge is 0.392 e. The summed E-state index contributed by atoms with van der Waals surface area (Å²) in [6, 6.07) is 60.4. The zero-order valence-corrected chi connectivity index (χ0v) is 67.6. The number of para-hydroxylation sites is 3. The normalized spacial score (nSPS) is 19.3. The van der Waals surface area contributed by atoms with E-state index in [-0.39, 0.29) is 71.5 Å². The first-order valence-electron chi connectivity index (χ1n) is 40.6. The molecule has 27 nitrogen and oxygen atoms in total. The number of aliphatic hydroxyl groups is 4. The Hall–Kier alpha value is -13.0. The minimum atomic E-state index is -0.597. The van der Waals surface area contributed by atoms with Gasteiger partial charge in [-0.15, -0.1) is 0 Å². The molecular weight excluding hydrogens is 1540 g/mol. The van der Waals surface area contributed by atoms with E-state index in [9.17, 15) is 48.3 Å². The topological polar surface area (TPSA) is 312 Å². The summed E-state index contributed by atoms with van der Waals surface area (Å²) in [6.07, 6.45) is 2.88. The number of hydrogen-bond acceptors (Lipinski definition) is 16. The lowest BCUT2D eigenvalue weighted by atomic mass is 9.89. The number of amides is 8. The Kier molecular flexibility index (Phi) is 22.1. The summed E-state index contributed by atoms with van der Waals surface area (Å²) in [5.41, 5.74) is 22.5. The maximum absolute atomic E-state index is 13.0. The third kappa shape index (κ3) is 15.1. The van der Waals surface area contributed by atoms with Crippen molar-refractivity contribution >= 4 is 103 Å². The number of ketones is 3. The van der Waals surface area contributed by atoms with Crippen LogP contribution >= 0.6 is 0 Å². The number of nitrogens with zero attached hydrogens (tertiary/aromatic N) is 12. The highest BCUT2D eigenvalue weighted by Gasteiger charge is 2.47. The van der Waals surface area contributed by atoms with Crippen molar-refractivity contribution in [2.45, 2.75) is 82.6 Å². The number of aliphatic hydroxyl groups excluding tert-OH is 4. The number of fused-ring (bicyclic) bond motifs is 24. The number of carbonyl (C=O) groups excluding carboxylic acids is 9. The number of benzene rings is 8. The first-order chi connectivity index (χ1) is 58.6. The molecule has 618 valence electrons. The van der Waals surface area contributed by atoms with E-state index >= 15 is 0 Å². The van der Waals surface area contributed by atoms with Crippen LogP contribution in [0, 0.1) is 0 Å². The molecule has 121 heavy (non-hydrogen) atoms. The molecule has 8 amide bonds. The Balaban J connectivity index is 0.000000115. The second kappa shape index (κ2) is 33.3. The van der Waals surface area contributed by atoms with Crippen LogP contribution in [0.2, 0.25) is 0 Å². The van der Waals surface area contributed by atoms with Gasteiger partial charge in [-0.1, -0.05) is 152 Å². The maximum Gasteiger partial charge on any atom is 0.326 e. The molecule has 6 N–H and O–H groups in total. The van der Waals surface area contributed by atoms with Crippen LogP contribution in [0.5, 0.6) is 0 Å². The molecule has 4 aromatic heterocycles. The van der Waals surface area contributed by atoms with Crippen LogP contribution < -0.4 is 5.48 Å². The zero-order chi connectivity index (χ0) is 84.3. The van der Waals surface area contributed by atoms with Gasteiger partial charge in [0, 0.05) is 195 Å². The van der Waals surface area contributed by atoms with Crippen LogP contribution in [0.3, 0.4) is 0 Å². The molecule has 4 fully saturated rings. The molecule has 0 aliphatic carbocycles. The van der Waals surface area contributed by atoms with Crippen molar-refractivity contribution in [2.24, 2.45) is 0 Å². The summed E-state index contributed by atoms with van der Waals surface area (Å²) in [5, 5.41) is 50.0. The highest BCUT2D eigenvalue weighted by atomic mass is 16.5. The summed E-state index contributed by atoms with van der Waals surface area (Å²) < 4.78 is 9.06. The molecule has 8 aromatic carbocycles. The lowest BCUT2D eigenvalue weighted by molar-refractivity contribution is -0.140. The lowest BCUT2D eigenvalue weighted by Crippen LogP contribution is -2.56. The number of likely N-dealkylation sites (N-methyl/N-ethyl adjacent to an activating group) is 4. The second-order valence-electron chi connectivity index (χ2n) is 32.6. The van der Waals surface area contributed by atoms with Crippen LogP contribution in [-0.2, 0) is 78.1 Å². The van der Waals surface area contributed by atoms with E-state index in [4.69, 9.17) is 20.5 Å². The van der Waals surface area contributed by atoms with E-state index in [0.29, 0.717) is 81.8 Å². The van der Waals surface area contributed by atoms with E-state index < -0.39 is 25.7 Å². The number of hydroxylamine groups is 1. The quantitative estimate of drug-likeness (QED) is 0.0214. The number of carbonyl (C=O) groups is 9. The molecule has 12 aromatic rings. The van der Waals surface area contributed by atoms with Gasteiger partial charge in [-0.3, -0.25) is 53.5 Å². The van der Waals surface area contributed by atoms with E-state index in [1.54, 1.807) is 64.8 Å². The summed E-state index contributed by atoms with van der Waals surface area (Å²) in [6.45, 7) is 8.39. The minimum absolute atomic E-state index is 0.0408. The van der Waals surface area contributed by atoms with Crippen molar-refractivity contribution in [1.82, 2.24) is 62.9 Å². The van der Waals surface area contributed by atoms with E-state index in [1.807, 2.05) is 151 Å². The number of rotatable bonds is 17. The van der Waals surface area contributed by atoms with Gasteiger partial charge in [0.1, 0.15) is 19.8 Å². The number of nitrogens with one attached hydrogen (secondary N) is 1. The van der Waals surface area contributed by atoms with Gasteiger partial charge in [0.05, 0.1) is 50.8 Å². The molecule has 8 bridgehead atoms. The van der Waals surface area contributed by atoms with Gasteiger partial charge in [0.25, 0.3) is 5.91 Å².